The summed E-state index contributed by atoms with van der Waals surface area (Å²) in [6.45, 7) is 17.2. The molecule has 3 nitrogen and oxygen atoms in total. The van der Waals surface area contributed by atoms with Gasteiger partial charge in [-0.15, -0.1) is 0 Å². The number of aryl methyl sites for hydroxylation is 3. The predicted molar refractivity (Wildman–Crippen MR) is 282 cm³/mol. The molecule has 10 rings (SSSR count). The summed E-state index contributed by atoms with van der Waals surface area (Å²) in [5.41, 5.74) is 23.9. The van der Waals surface area contributed by atoms with Crippen molar-refractivity contribution in [1.82, 2.24) is 0 Å². The average molecular weight is 856 g/mol. The number of benzene rings is 7. The van der Waals surface area contributed by atoms with Gasteiger partial charge in [0.1, 0.15) is 6.17 Å². The summed E-state index contributed by atoms with van der Waals surface area (Å²) in [5.74, 6) is 0. The zero-order valence-corrected chi connectivity index (χ0v) is 38.9. The third-order valence-electron chi connectivity index (χ3n) is 13.9. The maximum absolute atomic E-state index is 4.00. The van der Waals surface area contributed by atoms with Crippen LogP contribution in [0.5, 0.6) is 0 Å². The van der Waals surface area contributed by atoms with E-state index >= 15 is 0 Å². The van der Waals surface area contributed by atoms with Gasteiger partial charge in [0, 0.05) is 22.7 Å². The molecule has 1 heterocycles. The lowest BCUT2D eigenvalue weighted by atomic mass is 9.65. The summed E-state index contributed by atoms with van der Waals surface area (Å²) in [6.07, 6.45) is 16.2. The molecule has 3 aliphatic rings. The van der Waals surface area contributed by atoms with Crippen LogP contribution in [0.15, 0.2) is 224 Å². The second kappa shape index (κ2) is 17.4. The van der Waals surface area contributed by atoms with Gasteiger partial charge < -0.3 is 15.1 Å². The van der Waals surface area contributed by atoms with Gasteiger partial charge in [0.2, 0.25) is 0 Å². The van der Waals surface area contributed by atoms with E-state index in [9.17, 15) is 0 Å². The number of hydrogen-bond donors (Lipinski definition) is 1. The van der Waals surface area contributed by atoms with Gasteiger partial charge >= 0.3 is 0 Å². The fourth-order valence-electron chi connectivity index (χ4n) is 10.4. The minimum Gasteiger partial charge on any atom is -0.359 e. The van der Waals surface area contributed by atoms with E-state index in [1.54, 1.807) is 0 Å². The number of nitrogens with one attached hydrogen (secondary N) is 1. The van der Waals surface area contributed by atoms with Crippen molar-refractivity contribution in [2.45, 2.75) is 59.5 Å². The molecule has 66 heavy (non-hydrogen) atoms. The molecule has 0 spiro atoms. The first-order chi connectivity index (χ1) is 32.2. The number of fused-ring (bicyclic) bond motifs is 4. The third-order valence-corrected chi connectivity index (χ3v) is 13.9. The Morgan fingerprint density at radius 3 is 2.12 bits per heavy atom. The molecule has 0 saturated carbocycles. The van der Waals surface area contributed by atoms with E-state index in [2.05, 4.69) is 257 Å². The molecule has 3 heteroatoms. The quantitative estimate of drug-likeness (QED) is 0.138. The zero-order chi connectivity index (χ0) is 45.5. The highest BCUT2D eigenvalue weighted by molar-refractivity contribution is 5.91. The number of anilines is 6. The molecule has 2 unspecified atom stereocenters. The summed E-state index contributed by atoms with van der Waals surface area (Å²) in [4.78, 5) is 4.84. The molecule has 1 N–H and O–H groups in total. The molecule has 7 aromatic rings. The summed E-state index contributed by atoms with van der Waals surface area (Å²) in [6, 6.07) is 59.0. The first-order valence-electron chi connectivity index (χ1n) is 23.2. The number of nitrogens with zero attached hydrogens (tertiary/aromatic N) is 2. The van der Waals surface area contributed by atoms with Crippen LogP contribution in [0.1, 0.15) is 77.9 Å². The molecular weight excluding hydrogens is 799 g/mol. The number of para-hydroxylation sites is 2. The molecule has 324 valence electrons. The lowest BCUT2D eigenvalue weighted by Crippen LogP contribution is -2.30. The zero-order valence-electron chi connectivity index (χ0n) is 38.9. The lowest BCUT2D eigenvalue weighted by molar-refractivity contribution is 0.752. The third kappa shape index (κ3) is 7.26. The van der Waals surface area contributed by atoms with Crippen LogP contribution in [0.4, 0.5) is 34.1 Å². The Hall–Kier alpha value is -7.62. The highest BCUT2D eigenvalue weighted by Crippen LogP contribution is 2.59. The Morgan fingerprint density at radius 2 is 1.38 bits per heavy atom. The fourth-order valence-corrected chi connectivity index (χ4v) is 10.4. The van der Waals surface area contributed by atoms with Gasteiger partial charge in [0.25, 0.3) is 0 Å². The van der Waals surface area contributed by atoms with Gasteiger partial charge in [-0.1, -0.05) is 163 Å². The van der Waals surface area contributed by atoms with Gasteiger partial charge in [0.15, 0.2) is 0 Å². The minimum absolute atomic E-state index is 0.0764. The van der Waals surface area contributed by atoms with E-state index in [4.69, 9.17) is 0 Å². The van der Waals surface area contributed by atoms with Gasteiger partial charge in [-0.3, -0.25) is 0 Å². The van der Waals surface area contributed by atoms with Crippen LogP contribution in [0, 0.1) is 20.8 Å². The highest BCUT2D eigenvalue weighted by Gasteiger charge is 2.48. The van der Waals surface area contributed by atoms with E-state index in [1.807, 2.05) is 6.08 Å². The van der Waals surface area contributed by atoms with Crippen molar-refractivity contribution in [1.29, 1.82) is 0 Å². The molecule has 2 aliphatic carbocycles. The molecule has 1 aliphatic heterocycles. The SMILES string of the molecule is C=C/C=C(\C=C/C)c1ccc(N(c2ccc(C3Nc4ccccc4N3c3ccc(C)cc3)cc2)c2ccc3c(c2)C(C2=CC=C(C)CC=C2C)(c2ccc(C)c(C)c2)c2ccccc2-3)cc1. The van der Waals surface area contributed by atoms with Crippen molar-refractivity contribution in [2.75, 3.05) is 15.1 Å². The maximum atomic E-state index is 4.00. The lowest BCUT2D eigenvalue weighted by Gasteiger charge is -2.37. The minimum atomic E-state index is -0.555. The number of allylic oxidation sites excluding steroid dienone is 11. The smallest absolute Gasteiger partial charge is 0.130 e. The van der Waals surface area contributed by atoms with Crippen LogP contribution >= 0.6 is 0 Å². The first kappa shape index (κ1) is 42.3. The summed E-state index contributed by atoms with van der Waals surface area (Å²) in [5, 5.41) is 3.85. The molecule has 0 saturated heterocycles. The predicted octanol–water partition coefficient (Wildman–Crippen LogP) is 17.0. The summed E-state index contributed by atoms with van der Waals surface area (Å²) in [7, 11) is 0. The number of rotatable bonds is 10. The van der Waals surface area contributed by atoms with Crippen LogP contribution in [-0.2, 0) is 5.41 Å². The van der Waals surface area contributed by atoms with Gasteiger partial charge in [0.05, 0.1) is 16.8 Å². The Bertz CT molecular complexity index is 3160. The molecular formula is C63H57N3. The van der Waals surface area contributed by atoms with Crippen LogP contribution in [0.2, 0.25) is 0 Å². The Balaban J connectivity index is 1.16. The van der Waals surface area contributed by atoms with Crippen molar-refractivity contribution >= 4 is 39.7 Å². The van der Waals surface area contributed by atoms with Gasteiger partial charge in [-0.2, -0.15) is 0 Å². The van der Waals surface area contributed by atoms with Crippen LogP contribution in [0.3, 0.4) is 0 Å². The second-order valence-electron chi connectivity index (χ2n) is 18.1. The van der Waals surface area contributed by atoms with Crippen molar-refractivity contribution in [3.63, 3.8) is 0 Å². The highest BCUT2D eigenvalue weighted by atomic mass is 15.3. The van der Waals surface area contributed by atoms with Gasteiger partial charge in [-0.25, -0.2) is 0 Å². The van der Waals surface area contributed by atoms with E-state index in [-0.39, 0.29) is 6.17 Å². The van der Waals surface area contributed by atoms with E-state index in [0.29, 0.717) is 0 Å². The maximum Gasteiger partial charge on any atom is 0.130 e. The van der Waals surface area contributed by atoms with Crippen molar-refractivity contribution in [3.8, 4) is 11.1 Å². The largest absolute Gasteiger partial charge is 0.359 e. The standard InChI is InChI=1S/C63H57N3/c1-8-14-47(15-9-2)48-26-33-51(34-27-48)65(52-35-28-49(29-36-52)62-64-60-18-12-13-19-61(60)66(62)53-31-21-43(4)22-32-53)54-37-38-56-55-16-10-11-17-58(55)63(59(56)41-54,50-30-25-44(5)46(7)40-50)57-39-23-42(3)20-24-45(57)6/h8-19,21-41,62,64H,1,20H2,2-7H3/b15-9-,47-14+. The van der Waals surface area contributed by atoms with Crippen molar-refractivity contribution in [3.05, 3.63) is 268 Å². The topological polar surface area (TPSA) is 18.5 Å². The Morgan fingerprint density at radius 1 is 0.682 bits per heavy atom. The van der Waals surface area contributed by atoms with E-state index in [1.165, 1.54) is 72.5 Å². The van der Waals surface area contributed by atoms with Crippen molar-refractivity contribution < 1.29 is 0 Å². The molecule has 0 radical (unpaired) electrons. The summed E-state index contributed by atoms with van der Waals surface area (Å²) < 4.78 is 0. The monoisotopic (exact) mass is 855 g/mol. The van der Waals surface area contributed by atoms with Crippen LogP contribution in [-0.4, -0.2) is 0 Å². The normalized spacial score (nSPS) is 17.5. The Labute approximate surface area is 391 Å². The fraction of sp³-hybridized carbons (Fsp3) is 0.143. The van der Waals surface area contributed by atoms with E-state index < -0.39 is 5.41 Å². The Kier molecular flexibility index (Phi) is 11.2. The molecule has 0 fully saturated rings. The first-order valence-corrected chi connectivity index (χ1v) is 23.2. The molecule has 0 amide bonds. The van der Waals surface area contributed by atoms with Crippen molar-refractivity contribution in [2.24, 2.45) is 0 Å². The molecule has 0 bridgehead atoms. The number of hydrogen-bond acceptors (Lipinski definition) is 3. The van der Waals surface area contributed by atoms with Gasteiger partial charge in [-0.05, 0) is 170 Å². The molecule has 2 atom stereocenters. The summed E-state index contributed by atoms with van der Waals surface area (Å²) >= 11 is 0. The molecule has 0 aromatic heterocycles. The average Bonchev–Trinajstić information content (AvgIpc) is 3.81. The molecule has 7 aromatic carbocycles. The second-order valence-corrected chi connectivity index (χ2v) is 18.1. The van der Waals surface area contributed by atoms with Crippen LogP contribution in [0.25, 0.3) is 16.7 Å². The van der Waals surface area contributed by atoms with Crippen LogP contribution < -0.4 is 15.1 Å². The van der Waals surface area contributed by atoms with E-state index in [0.717, 1.165) is 46.0 Å².